The predicted molar refractivity (Wildman–Crippen MR) is 101 cm³/mol. The molecule has 0 bridgehead atoms. The highest BCUT2D eigenvalue weighted by Crippen LogP contribution is 2.35. The molecule has 2 aromatic carbocycles. The molecule has 0 amide bonds. The van der Waals surface area contributed by atoms with Crippen molar-refractivity contribution in [2.75, 3.05) is 22.9 Å². The van der Waals surface area contributed by atoms with Crippen LogP contribution in [0, 0.1) is 0 Å². The minimum absolute atomic E-state index is 0.797. The van der Waals surface area contributed by atoms with Gasteiger partial charge in [-0.2, -0.15) is 4.98 Å². The summed E-state index contributed by atoms with van der Waals surface area (Å²) in [5.41, 5.74) is 5.29. The Labute approximate surface area is 147 Å². The molecule has 0 aliphatic carbocycles. The fraction of sp³-hybridized carbons (Fsp3) is 0.238. The van der Waals surface area contributed by atoms with Gasteiger partial charge in [-0.1, -0.05) is 36.4 Å². The van der Waals surface area contributed by atoms with Crippen LogP contribution in [0.5, 0.6) is 0 Å². The van der Waals surface area contributed by atoms with E-state index in [-0.39, 0.29) is 0 Å². The molecule has 25 heavy (non-hydrogen) atoms. The number of hydrogen-bond donors (Lipinski definition) is 0. The van der Waals surface area contributed by atoms with E-state index in [2.05, 4.69) is 63.3 Å². The van der Waals surface area contributed by atoms with E-state index in [9.17, 15) is 0 Å². The summed E-state index contributed by atoms with van der Waals surface area (Å²) in [7, 11) is 0. The van der Waals surface area contributed by atoms with Gasteiger partial charge in [-0.15, -0.1) is 0 Å². The van der Waals surface area contributed by atoms with Crippen molar-refractivity contribution in [3.63, 3.8) is 0 Å². The molecule has 4 heteroatoms. The smallest absolute Gasteiger partial charge is 0.231 e. The Morgan fingerprint density at radius 3 is 2.28 bits per heavy atom. The Morgan fingerprint density at radius 1 is 0.720 bits per heavy atom. The molecule has 0 spiro atoms. The summed E-state index contributed by atoms with van der Waals surface area (Å²) in [6.07, 6.45) is 5.24. The Morgan fingerprint density at radius 2 is 1.44 bits per heavy atom. The van der Waals surface area contributed by atoms with Gasteiger partial charge in [0.1, 0.15) is 5.82 Å². The minimum atomic E-state index is 0.797. The van der Waals surface area contributed by atoms with E-state index in [0.717, 1.165) is 44.1 Å². The quantitative estimate of drug-likeness (QED) is 0.704. The molecule has 0 saturated carbocycles. The number of rotatable bonds is 2. The lowest BCUT2D eigenvalue weighted by Crippen LogP contribution is -2.26. The third kappa shape index (κ3) is 2.45. The maximum Gasteiger partial charge on any atom is 0.231 e. The molecular formula is C21H20N4. The summed E-state index contributed by atoms with van der Waals surface area (Å²) < 4.78 is 0. The van der Waals surface area contributed by atoms with Crippen molar-refractivity contribution in [2.24, 2.45) is 0 Å². The fourth-order valence-electron chi connectivity index (χ4n) is 3.94. The molecule has 3 heterocycles. The van der Waals surface area contributed by atoms with Crippen molar-refractivity contribution < 1.29 is 0 Å². The first-order valence-corrected chi connectivity index (χ1v) is 8.94. The first-order chi connectivity index (χ1) is 12.4. The van der Waals surface area contributed by atoms with Gasteiger partial charge in [-0.25, -0.2) is 4.98 Å². The number of aryl methyl sites for hydroxylation is 1. The number of hydrogen-bond acceptors (Lipinski definition) is 4. The third-order valence-electron chi connectivity index (χ3n) is 5.14. The predicted octanol–water partition coefficient (Wildman–Crippen LogP) is 4.26. The van der Waals surface area contributed by atoms with Gasteiger partial charge in [0, 0.05) is 30.7 Å². The molecule has 0 radical (unpaired) electrons. The highest BCUT2D eigenvalue weighted by molar-refractivity contribution is 5.69. The van der Waals surface area contributed by atoms with Gasteiger partial charge < -0.3 is 9.80 Å². The van der Waals surface area contributed by atoms with Crippen LogP contribution in [0.2, 0.25) is 0 Å². The Balaban J connectivity index is 1.53. The number of benzene rings is 2. The second kappa shape index (κ2) is 5.88. The minimum Gasteiger partial charge on any atom is -0.326 e. The standard InChI is InChI=1S/C21H20N4/c1-3-9-18-16(6-1)8-5-14-24(18)20-11-13-22-21(23-20)25-15-12-17-7-2-4-10-19(17)25/h1-4,6-7,9-11,13H,5,8,12,14-15H2. The van der Waals surface area contributed by atoms with Gasteiger partial charge in [0.25, 0.3) is 0 Å². The largest absolute Gasteiger partial charge is 0.326 e. The average Bonchev–Trinajstić information content (AvgIpc) is 3.12. The highest BCUT2D eigenvalue weighted by Gasteiger charge is 2.24. The zero-order chi connectivity index (χ0) is 16.6. The molecule has 0 saturated heterocycles. The van der Waals surface area contributed by atoms with Crippen LogP contribution in [0.3, 0.4) is 0 Å². The average molecular weight is 328 g/mol. The van der Waals surface area contributed by atoms with E-state index in [1.807, 2.05) is 12.3 Å². The molecule has 2 aliphatic heterocycles. The van der Waals surface area contributed by atoms with Crippen molar-refractivity contribution >= 4 is 23.1 Å². The van der Waals surface area contributed by atoms with Gasteiger partial charge in [-0.05, 0) is 48.6 Å². The van der Waals surface area contributed by atoms with Crippen LogP contribution in [0.1, 0.15) is 17.5 Å². The number of fused-ring (bicyclic) bond motifs is 2. The van der Waals surface area contributed by atoms with Crippen LogP contribution < -0.4 is 9.80 Å². The van der Waals surface area contributed by atoms with Crippen molar-refractivity contribution in [3.05, 3.63) is 71.9 Å². The SMILES string of the molecule is c1ccc2c(c1)CCCN2c1ccnc(N2CCc3ccccc32)n1. The van der Waals surface area contributed by atoms with Crippen LogP contribution in [0.4, 0.5) is 23.1 Å². The summed E-state index contributed by atoms with van der Waals surface area (Å²) in [4.78, 5) is 14.0. The van der Waals surface area contributed by atoms with Crippen LogP contribution in [-0.2, 0) is 12.8 Å². The summed E-state index contributed by atoms with van der Waals surface area (Å²) in [6, 6.07) is 19.2. The van der Waals surface area contributed by atoms with Crippen LogP contribution in [0.15, 0.2) is 60.8 Å². The number of nitrogens with zero attached hydrogens (tertiary/aromatic N) is 4. The number of para-hydroxylation sites is 2. The first-order valence-electron chi connectivity index (χ1n) is 8.94. The van der Waals surface area contributed by atoms with Crippen LogP contribution in [0.25, 0.3) is 0 Å². The topological polar surface area (TPSA) is 32.3 Å². The highest BCUT2D eigenvalue weighted by atomic mass is 15.3. The van der Waals surface area contributed by atoms with Gasteiger partial charge in [0.15, 0.2) is 0 Å². The first kappa shape index (κ1) is 14.5. The molecule has 0 N–H and O–H groups in total. The normalized spacial score (nSPS) is 15.8. The van der Waals surface area contributed by atoms with Gasteiger partial charge in [-0.3, -0.25) is 0 Å². The summed E-state index contributed by atoms with van der Waals surface area (Å²) in [6.45, 7) is 1.95. The Hall–Kier alpha value is -2.88. The molecule has 1 aromatic heterocycles. The van der Waals surface area contributed by atoms with Gasteiger partial charge in [0.05, 0.1) is 0 Å². The molecule has 4 nitrogen and oxygen atoms in total. The van der Waals surface area contributed by atoms with Crippen molar-refractivity contribution in [2.45, 2.75) is 19.3 Å². The van der Waals surface area contributed by atoms with Crippen molar-refractivity contribution in [1.82, 2.24) is 9.97 Å². The lowest BCUT2D eigenvalue weighted by Gasteiger charge is -2.31. The maximum absolute atomic E-state index is 4.92. The molecule has 5 rings (SSSR count). The molecule has 124 valence electrons. The number of aromatic nitrogens is 2. The number of anilines is 4. The molecule has 2 aliphatic rings. The van der Waals surface area contributed by atoms with Gasteiger partial charge >= 0.3 is 0 Å². The monoisotopic (exact) mass is 328 g/mol. The second-order valence-corrected chi connectivity index (χ2v) is 6.63. The van der Waals surface area contributed by atoms with Crippen LogP contribution >= 0.6 is 0 Å². The van der Waals surface area contributed by atoms with Crippen LogP contribution in [-0.4, -0.2) is 23.1 Å². The lowest BCUT2D eigenvalue weighted by molar-refractivity contribution is 0.757. The van der Waals surface area contributed by atoms with E-state index in [1.165, 1.54) is 22.5 Å². The second-order valence-electron chi connectivity index (χ2n) is 6.63. The zero-order valence-electron chi connectivity index (χ0n) is 14.1. The summed E-state index contributed by atoms with van der Waals surface area (Å²) in [5, 5.41) is 0. The molecule has 0 atom stereocenters. The van der Waals surface area contributed by atoms with E-state index in [4.69, 9.17) is 4.98 Å². The van der Waals surface area contributed by atoms with Crippen molar-refractivity contribution in [3.8, 4) is 0 Å². The van der Waals surface area contributed by atoms with E-state index in [0.29, 0.717) is 0 Å². The zero-order valence-corrected chi connectivity index (χ0v) is 14.1. The maximum atomic E-state index is 4.92. The van der Waals surface area contributed by atoms with E-state index >= 15 is 0 Å². The summed E-state index contributed by atoms with van der Waals surface area (Å²) in [5.74, 6) is 1.78. The summed E-state index contributed by atoms with van der Waals surface area (Å²) >= 11 is 0. The van der Waals surface area contributed by atoms with E-state index < -0.39 is 0 Å². The van der Waals surface area contributed by atoms with E-state index in [1.54, 1.807) is 0 Å². The Bertz CT molecular complexity index is 921. The van der Waals surface area contributed by atoms with Gasteiger partial charge in [0.2, 0.25) is 5.95 Å². The molecule has 0 fully saturated rings. The molecule has 3 aromatic rings. The van der Waals surface area contributed by atoms with Crippen molar-refractivity contribution in [1.29, 1.82) is 0 Å². The Kier molecular flexibility index (Phi) is 3.40. The lowest BCUT2D eigenvalue weighted by atomic mass is 10.0. The fourth-order valence-corrected chi connectivity index (χ4v) is 3.94. The molecular weight excluding hydrogens is 308 g/mol. The molecule has 0 unspecified atom stereocenters. The third-order valence-corrected chi connectivity index (χ3v) is 5.14.